The lowest BCUT2D eigenvalue weighted by Crippen LogP contribution is -2.22. The fourth-order valence-corrected chi connectivity index (χ4v) is 2.29. The number of hydrogen-bond acceptors (Lipinski definition) is 4. The average molecular weight is 190 g/mol. The summed E-state index contributed by atoms with van der Waals surface area (Å²) in [7, 11) is 0. The molecule has 1 saturated carbocycles. The number of nitrogen functional groups attached to an aromatic ring is 1. The quantitative estimate of drug-likeness (QED) is 0.719. The minimum Gasteiger partial charge on any atom is -0.381 e. The Labute approximate surface area is 83.1 Å². The highest BCUT2D eigenvalue weighted by atomic mass is 15.2. The zero-order valence-electron chi connectivity index (χ0n) is 8.11. The molecule has 4 heteroatoms. The van der Waals surface area contributed by atoms with Crippen LogP contribution < -0.4 is 10.6 Å². The molecule has 1 aliphatic carbocycles. The van der Waals surface area contributed by atoms with Gasteiger partial charge in [-0.15, -0.1) is 0 Å². The molecule has 0 aromatic carbocycles. The van der Waals surface area contributed by atoms with Gasteiger partial charge in [-0.1, -0.05) is 0 Å². The molecule has 4 nitrogen and oxygen atoms in total. The van der Waals surface area contributed by atoms with Crippen molar-refractivity contribution in [3.63, 3.8) is 0 Å². The van der Waals surface area contributed by atoms with E-state index < -0.39 is 0 Å². The molecule has 1 aromatic rings. The maximum absolute atomic E-state index is 5.79. The first kappa shape index (κ1) is 8.03. The molecule has 74 valence electrons. The number of hydrogen-bond donors (Lipinski definition) is 1. The Hall–Kier alpha value is -1.32. The normalized spacial score (nSPS) is 23.0. The van der Waals surface area contributed by atoms with E-state index in [2.05, 4.69) is 14.9 Å². The van der Waals surface area contributed by atoms with E-state index in [1.54, 1.807) is 12.4 Å². The Morgan fingerprint density at radius 2 is 2.00 bits per heavy atom. The Morgan fingerprint density at radius 1 is 1.21 bits per heavy atom. The van der Waals surface area contributed by atoms with Crippen LogP contribution in [0.25, 0.3) is 0 Å². The Morgan fingerprint density at radius 3 is 2.64 bits per heavy atom. The van der Waals surface area contributed by atoms with Gasteiger partial charge in [-0.25, -0.2) is 9.97 Å². The Kier molecular flexibility index (Phi) is 1.48. The maximum Gasteiger partial charge on any atom is 0.171 e. The van der Waals surface area contributed by atoms with E-state index in [-0.39, 0.29) is 0 Å². The minimum absolute atomic E-state index is 0.560. The van der Waals surface area contributed by atoms with Crippen LogP contribution in [0, 0.1) is 5.41 Å². The molecule has 2 heterocycles. The molecular weight excluding hydrogens is 176 g/mol. The summed E-state index contributed by atoms with van der Waals surface area (Å²) in [4.78, 5) is 10.6. The summed E-state index contributed by atoms with van der Waals surface area (Å²) >= 11 is 0. The summed E-state index contributed by atoms with van der Waals surface area (Å²) in [6.07, 6.45) is 7.40. The molecule has 1 saturated heterocycles. The van der Waals surface area contributed by atoms with Crippen LogP contribution in [-0.2, 0) is 0 Å². The van der Waals surface area contributed by atoms with E-state index in [0.29, 0.717) is 11.2 Å². The molecule has 1 spiro atoms. The number of anilines is 2. The summed E-state index contributed by atoms with van der Waals surface area (Å²) in [5.41, 5.74) is 6.41. The average Bonchev–Trinajstić information content (AvgIpc) is 2.79. The molecule has 1 aromatic heterocycles. The van der Waals surface area contributed by atoms with Gasteiger partial charge >= 0.3 is 0 Å². The number of rotatable bonds is 1. The van der Waals surface area contributed by atoms with Crippen molar-refractivity contribution >= 4 is 11.6 Å². The third-order valence-corrected chi connectivity index (χ3v) is 3.40. The molecule has 2 N–H and O–H groups in total. The number of nitrogens with two attached hydrogens (primary N) is 1. The van der Waals surface area contributed by atoms with Gasteiger partial charge in [0.25, 0.3) is 0 Å². The molecule has 0 unspecified atom stereocenters. The first-order valence-corrected chi connectivity index (χ1v) is 5.11. The summed E-state index contributed by atoms with van der Waals surface area (Å²) in [5, 5.41) is 0. The highest BCUT2D eigenvalue weighted by molar-refractivity contribution is 5.58. The van der Waals surface area contributed by atoms with Crippen LogP contribution in [0.4, 0.5) is 11.6 Å². The van der Waals surface area contributed by atoms with E-state index in [0.717, 1.165) is 18.9 Å². The van der Waals surface area contributed by atoms with E-state index in [9.17, 15) is 0 Å². The fraction of sp³-hybridized carbons (Fsp3) is 0.600. The lowest BCUT2D eigenvalue weighted by Gasteiger charge is -2.17. The van der Waals surface area contributed by atoms with Gasteiger partial charge in [0.1, 0.15) is 0 Å². The van der Waals surface area contributed by atoms with Crippen molar-refractivity contribution in [2.24, 2.45) is 5.41 Å². The summed E-state index contributed by atoms with van der Waals surface area (Å²) < 4.78 is 0. The molecule has 0 bridgehead atoms. The van der Waals surface area contributed by atoms with Crippen molar-refractivity contribution in [2.45, 2.75) is 19.3 Å². The topological polar surface area (TPSA) is 55.0 Å². The van der Waals surface area contributed by atoms with E-state index >= 15 is 0 Å². The van der Waals surface area contributed by atoms with Gasteiger partial charge in [-0.2, -0.15) is 0 Å². The van der Waals surface area contributed by atoms with E-state index in [4.69, 9.17) is 5.73 Å². The van der Waals surface area contributed by atoms with Crippen LogP contribution in [0.2, 0.25) is 0 Å². The smallest absolute Gasteiger partial charge is 0.171 e. The van der Waals surface area contributed by atoms with Gasteiger partial charge in [-0.05, 0) is 24.7 Å². The van der Waals surface area contributed by atoms with Crippen LogP contribution >= 0.6 is 0 Å². The zero-order chi connectivity index (χ0) is 9.60. The maximum atomic E-state index is 5.79. The SMILES string of the molecule is Nc1nccnc1N1CCC2(CC2)C1. The lowest BCUT2D eigenvalue weighted by molar-refractivity contribution is 0.580. The van der Waals surface area contributed by atoms with Crippen LogP contribution in [-0.4, -0.2) is 23.1 Å². The Balaban J connectivity index is 1.86. The van der Waals surface area contributed by atoms with Crippen molar-refractivity contribution < 1.29 is 0 Å². The zero-order valence-corrected chi connectivity index (χ0v) is 8.11. The predicted octanol–water partition coefficient (Wildman–Crippen LogP) is 1.05. The predicted molar refractivity (Wildman–Crippen MR) is 54.9 cm³/mol. The van der Waals surface area contributed by atoms with Gasteiger partial charge < -0.3 is 10.6 Å². The van der Waals surface area contributed by atoms with E-state index in [1.165, 1.54) is 19.3 Å². The van der Waals surface area contributed by atoms with Gasteiger partial charge in [0.05, 0.1) is 0 Å². The van der Waals surface area contributed by atoms with Gasteiger partial charge in [0.15, 0.2) is 11.6 Å². The van der Waals surface area contributed by atoms with E-state index in [1.807, 2.05) is 0 Å². The minimum atomic E-state index is 0.560. The van der Waals surface area contributed by atoms with Crippen LogP contribution in [0.3, 0.4) is 0 Å². The fourth-order valence-electron chi connectivity index (χ4n) is 2.29. The molecule has 2 aliphatic rings. The largest absolute Gasteiger partial charge is 0.381 e. The summed E-state index contributed by atoms with van der Waals surface area (Å²) in [6.45, 7) is 2.21. The highest BCUT2D eigenvalue weighted by Crippen LogP contribution is 2.53. The van der Waals surface area contributed by atoms with Crippen LogP contribution in [0.15, 0.2) is 12.4 Å². The lowest BCUT2D eigenvalue weighted by atomic mass is 10.1. The summed E-state index contributed by atoms with van der Waals surface area (Å²) in [5.74, 6) is 1.43. The van der Waals surface area contributed by atoms with Gasteiger partial charge in [-0.3, -0.25) is 0 Å². The third-order valence-electron chi connectivity index (χ3n) is 3.40. The van der Waals surface area contributed by atoms with Crippen molar-refractivity contribution in [1.82, 2.24) is 9.97 Å². The van der Waals surface area contributed by atoms with Gasteiger partial charge in [0.2, 0.25) is 0 Å². The molecule has 1 aliphatic heterocycles. The second-order valence-corrected chi connectivity index (χ2v) is 4.44. The number of aromatic nitrogens is 2. The first-order valence-electron chi connectivity index (χ1n) is 5.11. The Bertz CT molecular complexity index is 359. The standard InChI is InChI=1S/C10H14N4/c11-8-9(13-5-4-12-8)14-6-3-10(7-14)1-2-10/h4-5H,1-3,6-7H2,(H2,11,12). The number of nitrogens with zero attached hydrogens (tertiary/aromatic N) is 3. The van der Waals surface area contributed by atoms with Crippen LogP contribution in [0.5, 0.6) is 0 Å². The molecule has 0 atom stereocenters. The van der Waals surface area contributed by atoms with Crippen molar-refractivity contribution in [3.05, 3.63) is 12.4 Å². The molecular formula is C10H14N4. The summed E-state index contributed by atoms with van der Waals surface area (Å²) in [6, 6.07) is 0. The molecule has 0 amide bonds. The third kappa shape index (κ3) is 1.14. The second kappa shape index (κ2) is 2.59. The molecule has 0 radical (unpaired) electrons. The van der Waals surface area contributed by atoms with Crippen molar-refractivity contribution in [2.75, 3.05) is 23.7 Å². The van der Waals surface area contributed by atoms with Crippen LogP contribution in [0.1, 0.15) is 19.3 Å². The highest BCUT2D eigenvalue weighted by Gasteiger charge is 2.48. The van der Waals surface area contributed by atoms with Crippen molar-refractivity contribution in [3.8, 4) is 0 Å². The molecule has 3 rings (SSSR count). The molecule has 2 fully saturated rings. The van der Waals surface area contributed by atoms with Crippen molar-refractivity contribution in [1.29, 1.82) is 0 Å². The first-order chi connectivity index (χ1) is 6.79. The monoisotopic (exact) mass is 190 g/mol. The van der Waals surface area contributed by atoms with Gasteiger partial charge in [0, 0.05) is 25.5 Å². The second-order valence-electron chi connectivity index (χ2n) is 4.44. The molecule has 14 heavy (non-hydrogen) atoms.